The molecule has 3 nitrogen and oxygen atoms in total. The summed E-state index contributed by atoms with van der Waals surface area (Å²) in [5.74, 6) is -0.253. The molecule has 0 aliphatic rings. The quantitative estimate of drug-likeness (QED) is 0.424. The average Bonchev–Trinajstić information content (AvgIpc) is 1.63. The predicted molar refractivity (Wildman–Crippen MR) is 34.7 cm³/mol. The van der Waals surface area contributed by atoms with Gasteiger partial charge in [-0.25, -0.2) is 0 Å². The molecule has 0 saturated carbocycles. The van der Waals surface area contributed by atoms with Crippen LogP contribution < -0.4 is 5.32 Å². The van der Waals surface area contributed by atoms with E-state index in [1.54, 1.807) is 0 Å². The molecule has 0 unspecified atom stereocenters. The number of carbonyl (C=O) groups is 1. The molecule has 0 fully saturated rings. The van der Waals surface area contributed by atoms with Crippen LogP contribution in [0.2, 0.25) is 0 Å². The molecule has 0 atom stereocenters. The molecule has 50 valence electrons. The lowest BCUT2D eigenvalue weighted by molar-refractivity contribution is -0.118. The Labute approximate surface area is 53.7 Å². The molecule has 1 amide bonds. The Hall–Kier alpha value is -1.25. The SMILES string of the molecule is C=C(O)/C=C\NC(C)=O. The van der Waals surface area contributed by atoms with Crippen LogP contribution >= 0.6 is 0 Å². The van der Waals surface area contributed by atoms with E-state index in [0.29, 0.717) is 0 Å². The van der Waals surface area contributed by atoms with Crippen LogP contribution in [0.4, 0.5) is 0 Å². The molecule has 0 aliphatic carbocycles. The maximum Gasteiger partial charge on any atom is 0.220 e. The van der Waals surface area contributed by atoms with Gasteiger partial charge in [0.25, 0.3) is 0 Å². The number of amides is 1. The van der Waals surface area contributed by atoms with Gasteiger partial charge in [0.2, 0.25) is 5.91 Å². The Bertz CT molecular complexity index is 149. The number of aliphatic hydroxyl groups excluding tert-OH is 1. The van der Waals surface area contributed by atoms with Crippen molar-refractivity contribution in [3.05, 3.63) is 24.6 Å². The van der Waals surface area contributed by atoms with Crippen molar-refractivity contribution in [3.8, 4) is 0 Å². The lowest BCUT2D eigenvalue weighted by atomic mass is 10.5. The molecule has 3 heteroatoms. The Morgan fingerprint density at radius 3 is 2.67 bits per heavy atom. The molecule has 0 radical (unpaired) electrons. The van der Waals surface area contributed by atoms with Crippen LogP contribution in [0.5, 0.6) is 0 Å². The first-order chi connectivity index (χ1) is 4.13. The highest BCUT2D eigenvalue weighted by Gasteiger charge is 1.81. The molecule has 9 heavy (non-hydrogen) atoms. The summed E-state index contributed by atoms with van der Waals surface area (Å²) in [4.78, 5) is 10.2. The molecular weight excluding hydrogens is 118 g/mol. The molecule has 0 spiro atoms. The van der Waals surface area contributed by atoms with Gasteiger partial charge in [-0.2, -0.15) is 0 Å². The summed E-state index contributed by atoms with van der Waals surface area (Å²) in [6, 6.07) is 0. The number of allylic oxidation sites excluding steroid dienone is 1. The van der Waals surface area contributed by atoms with Crippen LogP contribution in [-0.4, -0.2) is 11.0 Å². The van der Waals surface area contributed by atoms with E-state index in [4.69, 9.17) is 5.11 Å². The largest absolute Gasteiger partial charge is 0.509 e. The first-order valence-corrected chi connectivity index (χ1v) is 2.44. The number of aliphatic hydroxyl groups is 1. The fraction of sp³-hybridized carbons (Fsp3) is 0.167. The summed E-state index contributed by atoms with van der Waals surface area (Å²) in [7, 11) is 0. The Kier molecular flexibility index (Phi) is 3.20. The number of hydrogen-bond acceptors (Lipinski definition) is 2. The van der Waals surface area contributed by atoms with Crippen LogP contribution in [0.25, 0.3) is 0 Å². The van der Waals surface area contributed by atoms with Crippen LogP contribution in [0, 0.1) is 0 Å². The van der Waals surface area contributed by atoms with Gasteiger partial charge in [-0.1, -0.05) is 6.58 Å². The minimum absolute atomic E-state index is 0.0799. The Morgan fingerprint density at radius 1 is 1.78 bits per heavy atom. The molecular formula is C6H9NO2. The van der Waals surface area contributed by atoms with Crippen molar-refractivity contribution >= 4 is 5.91 Å². The van der Waals surface area contributed by atoms with Crippen molar-refractivity contribution in [2.45, 2.75) is 6.92 Å². The van der Waals surface area contributed by atoms with Gasteiger partial charge in [0.15, 0.2) is 0 Å². The van der Waals surface area contributed by atoms with E-state index in [9.17, 15) is 4.79 Å². The van der Waals surface area contributed by atoms with Crippen LogP contribution in [0.3, 0.4) is 0 Å². The van der Waals surface area contributed by atoms with E-state index in [-0.39, 0.29) is 11.7 Å². The zero-order valence-corrected chi connectivity index (χ0v) is 5.22. The Morgan fingerprint density at radius 2 is 2.33 bits per heavy atom. The van der Waals surface area contributed by atoms with E-state index in [2.05, 4.69) is 11.9 Å². The number of hydrogen-bond donors (Lipinski definition) is 2. The summed E-state index contributed by atoms with van der Waals surface area (Å²) in [5.41, 5.74) is 0. The Balaban J connectivity index is 3.48. The summed E-state index contributed by atoms with van der Waals surface area (Å²) in [5, 5.41) is 10.8. The predicted octanol–water partition coefficient (Wildman–Crippen LogP) is 0.708. The highest BCUT2D eigenvalue weighted by Crippen LogP contribution is 1.80. The molecule has 0 bridgehead atoms. The van der Waals surface area contributed by atoms with Gasteiger partial charge in [-0.3, -0.25) is 4.79 Å². The molecule has 0 aromatic rings. The molecule has 0 aromatic carbocycles. The van der Waals surface area contributed by atoms with E-state index < -0.39 is 0 Å². The van der Waals surface area contributed by atoms with Gasteiger partial charge in [-0.15, -0.1) is 0 Å². The van der Waals surface area contributed by atoms with E-state index in [0.717, 1.165) is 0 Å². The number of nitrogens with one attached hydrogen (secondary N) is 1. The van der Waals surface area contributed by atoms with Gasteiger partial charge in [-0.05, 0) is 6.08 Å². The van der Waals surface area contributed by atoms with Gasteiger partial charge in [0, 0.05) is 13.1 Å². The van der Waals surface area contributed by atoms with Crippen molar-refractivity contribution in [3.63, 3.8) is 0 Å². The second-order valence-electron chi connectivity index (χ2n) is 1.53. The smallest absolute Gasteiger partial charge is 0.220 e. The topological polar surface area (TPSA) is 49.3 Å². The second-order valence-corrected chi connectivity index (χ2v) is 1.53. The molecule has 0 aromatic heterocycles. The molecule has 0 saturated heterocycles. The highest BCUT2D eigenvalue weighted by molar-refractivity contribution is 5.73. The lowest BCUT2D eigenvalue weighted by Gasteiger charge is -1.88. The fourth-order valence-corrected chi connectivity index (χ4v) is 0.255. The van der Waals surface area contributed by atoms with Crippen LogP contribution in [-0.2, 0) is 4.79 Å². The molecule has 2 N–H and O–H groups in total. The van der Waals surface area contributed by atoms with E-state index in [1.165, 1.54) is 19.2 Å². The maximum absolute atomic E-state index is 10.2. The van der Waals surface area contributed by atoms with Crippen molar-refractivity contribution in [1.82, 2.24) is 5.32 Å². The van der Waals surface area contributed by atoms with Crippen LogP contribution in [0.15, 0.2) is 24.6 Å². The minimum atomic E-state index is -0.174. The molecule has 0 aliphatic heterocycles. The standard InChI is InChI=1S/C6H9NO2/c1-5(8)3-4-7-6(2)9/h3-4,8H,1H2,2H3,(H,7,9)/b4-3-. The number of carbonyl (C=O) groups excluding carboxylic acids is 1. The van der Waals surface area contributed by atoms with Gasteiger partial charge in [0.1, 0.15) is 5.76 Å². The third-order valence-corrected chi connectivity index (χ3v) is 0.562. The van der Waals surface area contributed by atoms with Crippen molar-refractivity contribution < 1.29 is 9.90 Å². The third-order valence-electron chi connectivity index (χ3n) is 0.562. The minimum Gasteiger partial charge on any atom is -0.509 e. The first kappa shape index (κ1) is 7.75. The summed E-state index contributed by atoms with van der Waals surface area (Å²) < 4.78 is 0. The summed E-state index contributed by atoms with van der Waals surface area (Å²) in [6.45, 7) is 4.55. The van der Waals surface area contributed by atoms with Crippen molar-refractivity contribution in [1.29, 1.82) is 0 Å². The fourth-order valence-electron chi connectivity index (χ4n) is 0.255. The molecule has 0 rings (SSSR count). The van der Waals surface area contributed by atoms with Gasteiger partial charge >= 0.3 is 0 Å². The zero-order chi connectivity index (χ0) is 7.28. The maximum atomic E-state index is 10.2. The lowest BCUT2D eigenvalue weighted by Crippen LogP contribution is -2.11. The monoisotopic (exact) mass is 127 g/mol. The first-order valence-electron chi connectivity index (χ1n) is 2.44. The van der Waals surface area contributed by atoms with Crippen LogP contribution in [0.1, 0.15) is 6.92 Å². The van der Waals surface area contributed by atoms with Crippen molar-refractivity contribution in [2.24, 2.45) is 0 Å². The van der Waals surface area contributed by atoms with Gasteiger partial charge in [0.05, 0.1) is 0 Å². The highest BCUT2D eigenvalue weighted by atomic mass is 16.3. The third kappa shape index (κ3) is 6.75. The van der Waals surface area contributed by atoms with Crippen molar-refractivity contribution in [2.75, 3.05) is 0 Å². The second kappa shape index (κ2) is 3.72. The van der Waals surface area contributed by atoms with E-state index >= 15 is 0 Å². The average molecular weight is 127 g/mol. The normalized spacial score (nSPS) is 9.44. The molecule has 0 heterocycles. The number of rotatable bonds is 2. The summed E-state index contributed by atoms with van der Waals surface area (Å²) in [6.07, 6.45) is 2.62. The zero-order valence-electron chi connectivity index (χ0n) is 5.22. The van der Waals surface area contributed by atoms with E-state index in [1.807, 2.05) is 0 Å². The van der Waals surface area contributed by atoms with Gasteiger partial charge < -0.3 is 10.4 Å². The summed E-state index contributed by atoms with van der Waals surface area (Å²) >= 11 is 0.